The van der Waals surface area contributed by atoms with Gasteiger partial charge in [-0.1, -0.05) is 12.1 Å². The SMILES string of the molecule is CC[C@@H](C(=O)OC(C)(C)C)n1cccc(NC(=O)c2cc(C)on2)c1=O. The van der Waals surface area contributed by atoms with Crippen LogP contribution >= 0.6 is 0 Å². The first-order chi connectivity index (χ1) is 12.1. The molecule has 0 radical (unpaired) electrons. The van der Waals surface area contributed by atoms with E-state index >= 15 is 0 Å². The Bertz CT molecular complexity index is 860. The number of carbonyl (C=O) groups excluding carboxylic acids is 2. The standard InChI is InChI=1S/C18H23N3O5/c1-6-14(17(24)25-18(3,4)5)21-9-7-8-12(16(21)23)19-15(22)13-10-11(2)26-20-13/h7-10,14H,6H2,1-5H3,(H,19,22)/t14-/m0/s1. The first kappa shape index (κ1) is 19.4. The quantitative estimate of drug-likeness (QED) is 0.821. The van der Waals surface area contributed by atoms with E-state index in [0.29, 0.717) is 12.2 Å². The summed E-state index contributed by atoms with van der Waals surface area (Å²) in [6.45, 7) is 8.72. The predicted octanol–water partition coefficient (Wildman–Crippen LogP) is 2.69. The largest absolute Gasteiger partial charge is 0.458 e. The van der Waals surface area contributed by atoms with E-state index in [0.717, 1.165) is 0 Å². The summed E-state index contributed by atoms with van der Waals surface area (Å²) in [5.41, 5.74) is -1.06. The van der Waals surface area contributed by atoms with Crippen molar-refractivity contribution in [1.82, 2.24) is 9.72 Å². The van der Waals surface area contributed by atoms with Crippen LogP contribution in [-0.4, -0.2) is 27.2 Å². The van der Waals surface area contributed by atoms with Gasteiger partial charge in [-0.05, 0) is 46.2 Å². The highest BCUT2D eigenvalue weighted by Crippen LogP contribution is 2.17. The molecular formula is C18H23N3O5. The van der Waals surface area contributed by atoms with Gasteiger partial charge in [-0.3, -0.25) is 14.2 Å². The average molecular weight is 361 g/mol. The number of esters is 1. The number of hydrogen-bond donors (Lipinski definition) is 1. The normalized spacial score (nSPS) is 12.5. The molecule has 0 saturated heterocycles. The number of amides is 1. The van der Waals surface area contributed by atoms with Crippen molar-refractivity contribution in [2.75, 3.05) is 5.32 Å². The average Bonchev–Trinajstić information content (AvgIpc) is 2.96. The maximum atomic E-state index is 12.7. The molecule has 0 bridgehead atoms. The van der Waals surface area contributed by atoms with E-state index in [4.69, 9.17) is 9.26 Å². The number of ether oxygens (including phenoxy) is 1. The van der Waals surface area contributed by atoms with E-state index in [1.807, 2.05) is 0 Å². The van der Waals surface area contributed by atoms with Gasteiger partial charge in [-0.25, -0.2) is 4.79 Å². The number of hydrogen-bond acceptors (Lipinski definition) is 6. The highest BCUT2D eigenvalue weighted by molar-refractivity contribution is 6.02. The summed E-state index contributed by atoms with van der Waals surface area (Å²) >= 11 is 0. The molecule has 2 rings (SSSR count). The molecule has 2 aromatic rings. The summed E-state index contributed by atoms with van der Waals surface area (Å²) in [6.07, 6.45) is 1.87. The molecule has 2 aromatic heterocycles. The van der Waals surface area contributed by atoms with Crippen LogP contribution in [0.3, 0.4) is 0 Å². The fourth-order valence-electron chi connectivity index (χ4n) is 2.36. The van der Waals surface area contributed by atoms with Gasteiger partial charge in [0.1, 0.15) is 23.1 Å². The van der Waals surface area contributed by atoms with Gasteiger partial charge in [0.25, 0.3) is 11.5 Å². The Morgan fingerprint density at radius 2 is 2.08 bits per heavy atom. The molecule has 0 aliphatic carbocycles. The molecule has 0 aliphatic heterocycles. The molecule has 1 atom stereocenters. The summed E-state index contributed by atoms with van der Waals surface area (Å²) in [6, 6.07) is 3.73. The highest BCUT2D eigenvalue weighted by atomic mass is 16.6. The van der Waals surface area contributed by atoms with Gasteiger partial charge in [0, 0.05) is 12.3 Å². The third-order valence-corrected chi connectivity index (χ3v) is 3.48. The van der Waals surface area contributed by atoms with Crippen LogP contribution in [0.2, 0.25) is 0 Å². The lowest BCUT2D eigenvalue weighted by atomic mass is 10.1. The fraction of sp³-hybridized carbons (Fsp3) is 0.444. The zero-order chi connectivity index (χ0) is 19.5. The second-order valence-corrected chi connectivity index (χ2v) is 6.87. The molecule has 0 spiro atoms. The van der Waals surface area contributed by atoms with Crippen LogP contribution < -0.4 is 10.9 Å². The van der Waals surface area contributed by atoms with Crippen molar-refractivity contribution >= 4 is 17.6 Å². The third-order valence-electron chi connectivity index (χ3n) is 3.48. The van der Waals surface area contributed by atoms with E-state index in [-0.39, 0.29) is 11.4 Å². The van der Waals surface area contributed by atoms with Crippen molar-refractivity contribution in [2.24, 2.45) is 0 Å². The molecule has 1 N–H and O–H groups in total. The topological polar surface area (TPSA) is 103 Å². The number of anilines is 1. The monoisotopic (exact) mass is 361 g/mol. The van der Waals surface area contributed by atoms with E-state index in [9.17, 15) is 14.4 Å². The van der Waals surface area contributed by atoms with Crippen LogP contribution in [0.15, 0.2) is 33.7 Å². The minimum atomic E-state index is -0.784. The van der Waals surface area contributed by atoms with Crippen molar-refractivity contribution in [3.8, 4) is 0 Å². The van der Waals surface area contributed by atoms with Crippen molar-refractivity contribution in [1.29, 1.82) is 0 Å². The lowest BCUT2D eigenvalue weighted by Gasteiger charge is -2.24. The van der Waals surface area contributed by atoms with E-state index < -0.39 is 29.1 Å². The summed E-state index contributed by atoms with van der Waals surface area (Å²) in [7, 11) is 0. The van der Waals surface area contributed by atoms with Crippen molar-refractivity contribution in [3.05, 3.63) is 46.2 Å². The van der Waals surface area contributed by atoms with Gasteiger partial charge in [0.2, 0.25) is 0 Å². The van der Waals surface area contributed by atoms with Gasteiger partial charge in [-0.15, -0.1) is 0 Å². The zero-order valence-corrected chi connectivity index (χ0v) is 15.5. The van der Waals surface area contributed by atoms with Gasteiger partial charge < -0.3 is 14.6 Å². The second kappa shape index (κ2) is 7.55. The summed E-state index contributed by atoms with van der Waals surface area (Å²) in [5.74, 6) is -0.587. The number of nitrogens with one attached hydrogen (secondary N) is 1. The molecular weight excluding hydrogens is 338 g/mol. The Labute approximate surface area is 151 Å². The zero-order valence-electron chi connectivity index (χ0n) is 15.5. The molecule has 26 heavy (non-hydrogen) atoms. The molecule has 8 nitrogen and oxygen atoms in total. The minimum Gasteiger partial charge on any atom is -0.458 e. The van der Waals surface area contributed by atoms with Crippen LogP contribution in [0, 0.1) is 6.92 Å². The molecule has 0 aliphatic rings. The number of nitrogens with zero attached hydrogens (tertiary/aromatic N) is 2. The van der Waals surface area contributed by atoms with Gasteiger partial charge >= 0.3 is 5.97 Å². The van der Waals surface area contributed by atoms with Gasteiger partial charge in [0.05, 0.1) is 0 Å². The molecule has 8 heteroatoms. The number of rotatable bonds is 5. The number of carbonyl (C=O) groups is 2. The van der Waals surface area contributed by atoms with Gasteiger partial charge in [0.15, 0.2) is 5.69 Å². The lowest BCUT2D eigenvalue weighted by molar-refractivity contribution is -0.159. The third kappa shape index (κ3) is 4.59. The van der Waals surface area contributed by atoms with Crippen LogP contribution in [0.1, 0.15) is 56.4 Å². The first-order valence-corrected chi connectivity index (χ1v) is 8.31. The molecule has 0 fully saturated rings. The Morgan fingerprint density at radius 1 is 1.38 bits per heavy atom. The molecule has 0 saturated carbocycles. The predicted molar refractivity (Wildman–Crippen MR) is 95.1 cm³/mol. The number of aryl methyl sites for hydroxylation is 1. The smallest absolute Gasteiger partial charge is 0.329 e. The summed E-state index contributed by atoms with van der Waals surface area (Å²) < 4.78 is 11.5. The number of aromatic nitrogens is 2. The number of pyridine rings is 1. The highest BCUT2D eigenvalue weighted by Gasteiger charge is 2.26. The Kier molecular flexibility index (Phi) is 5.64. The van der Waals surface area contributed by atoms with Crippen LogP contribution in [0.4, 0.5) is 5.69 Å². The van der Waals surface area contributed by atoms with Crippen molar-refractivity contribution < 1.29 is 18.8 Å². The maximum absolute atomic E-state index is 12.7. The van der Waals surface area contributed by atoms with E-state index in [1.165, 1.54) is 22.9 Å². The Hall–Kier alpha value is -2.90. The first-order valence-electron chi connectivity index (χ1n) is 8.31. The minimum absolute atomic E-state index is 0.0418. The van der Waals surface area contributed by atoms with Crippen molar-refractivity contribution in [2.45, 2.75) is 52.7 Å². The molecule has 0 aromatic carbocycles. The Morgan fingerprint density at radius 3 is 2.62 bits per heavy atom. The van der Waals surface area contributed by atoms with Crippen LogP contribution in [0.25, 0.3) is 0 Å². The molecule has 1 amide bonds. The molecule has 2 heterocycles. The lowest BCUT2D eigenvalue weighted by Crippen LogP contribution is -2.35. The summed E-state index contributed by atoms with van der Waals surface area (Å²) in [5, 5.41) is 6.11. The van der Waals surface area contributed by atoms with Crippen molar-refractivity contribution in [3.63, 3.8) is 0 Å². The maximum Gasteiger partial charge on any atom is 0.329 e. The van der Waals surface area contributed by atoms with Gasteiger partial charge in [-0.2, -0.15) is 0 Å². The van der Waals surface area contributed by atoms with E-state index in [2.05, 4.69) is 10.5 Å². The fourth-order valence-corrected chi connectivity index (χ4v) is 2.36. The van der Waals surface area contributed by atoms with Crippen LogP contribution in [0.5, 0.6) is 0 Å². The molecule has 140 valence electrons. The Balaban J connectivity index is 2.28. The van der Waals surface area contributed by atoms with E-state index in [1.54, 1.807) is 40.7 Å². The molecule has 0 unspecified atom stereocenters. The van der Waals surface area contributed by atoms with Crippen LogP contribution in [-0.2, 0) is 9.53 Å². The summed E-state index contributed by atoms with van der Waals surface area (Å²) in [4.78, 5) is 37.3. The second-order valence-electron chi connectivity index (χ2n) is 6.87.